The average Bonchev–Trinajstić information content (AvgIpc) is 3.22. The van der Waals surface area contributed by atoms with Crippen molar-refractivity contribution in [3.05, 3.63) is 0 Å². The molecule has 1 spiro atoms. The van der Waals surface area contributed by atoms with E-state index in [-0.39, 0.29) is 0 Å². The van der Waals surface area contributed by atoms with E-state index in [9.17, 15) is 0 Å². The van der Waals surface area contributed by atoms with Crippen molar-refractivity contribution in [2.24, 2.45) is 16.3 Å². The predicted molar refractivity (Wildman–Crippen MR) is 99.5 cm³/mol. The van der Waals surface area contributed by atoms with Gasteiger partial charge in [-0.05, 0) is 58.9 Å². The van der Waals surface area contributed by atoms with Crippen LogP contribution in [-0.2, 0) is 4.74 Å². The molecule has 1 N–H and O–H groups in total. The SMILES string of the molecule is CCNC(=NCC1CCCN(C(C)C)C1)N1CCC2(CCOC2)C1. The zero-order valence-electron chi connectivity index (χ0n) is 15.9. The Kier molecular flexibility index (Phi) is 6.03. The predicted octanol–water partition coefficient (Wildman–Crippen LogP) is 2.18. The van der Waals surface area contributed by atoms with Gasteiger partial charge in [-0.25, -0.2) is 0 Å². The van der Waals surface area contributed by atoms with Crippen molar-refractivity contribution in [2.75, 3.05) is 52.5 Å². The number of aliphatic imine (C=N–C) groups is 1. The molecular weight excluding hydrogens is 300 g/mol. The van der Waals surface area contributed by atoms with Gasteiger partial charge in [0, 0.05) is 50.8 Å². The van der Waals surface area contributed by atoms with Crippen molar-refractivity contribution in [1.82, 2.24) is 15.1 Å². The summed E-state index contributed by atoms with van der Waals surface area (Å²) in [7, 11) is 0. The fraction of sp³-hybridized carbons (Fsp3) is 0.947. The molecule has 3 heterocycles. The van der Waals surface area contributed by atoms with Crippen LogP contribution in [0.3, 0.4) is 0 Å². The Balaban J connectivity index is 1.57. The number of guanidine groups is 1. The van der Waals surface area contributed by atoms with Crippen LogP contribution in [0.2, 0.25) is 0 Å². The van der Waals surface area contributed by atoms with E-state index in [1.165, 1.54) is 38.8 Å². The van der Waals surface area contributed by atoms with Crippen LogP contribution in [0.25, 0.3) is 0 Å². The summed E-state index contributed by atoms with van der Waals surface area (Å²) in [4.78, 5) is 10.1. The molecule has 0 aromatic carbocycles. The number of hydrogen-bond acceptors (Lipinski definition) is 3. The molecule has 5 nitrogen and oxygen atoms in total. The fourth-order valence-corrected chi connectivity index (χ4v) is 4.44. The average molecular weight is 337 g/mol. The number of likely N-dealkylation sites (tertiary alicyclic amines) is 2. The quantitative estimate of drug-likeness (QED) is 0.631. The summed E-state index contributed by atoms with van der Waals surface area (Å²) in [6.07, 6.45) is 5.11. The first kappa shape index (κ1) is 18.0. The molecule has 3 aliphatic rings. The third-order valence-corrected chi connectivity index (χ3v) is 6.04. The number of hydrogen-bond donors (Lipinski definition) is 1. The van der Waals surface area contributed by atoms with Crippen LogP contribution < -0.4 is 5.32 Å². The molecule has 3 fully saturated rings. The first-order valence-corrected chi connectivity index (χ1v) is 9.97. The van der Waals surface area contributed by atoms with Gasteiger partial charge in [-0.2, -0.15) is 0 Å². The lowest BCUT2D eigenvalue weighted by molar-refractivity contribution is 0.143. The zero-order chi connectivity index (χ0) is 17.0. The van der Waals surface area contributed by atoms with Gasteiger partial charge >= 0.3 is 0 Å². The third-order valence-electron chi connectivity index (χ3n) is 6.04. The molecular formula is C19H36N4O. The van der Waals surface area contributed by atoms with Crippen LogP contribution in [-0.4, -0.2) is 74.3 Å². The number of nitrogens with one attached hydrogen (secondary N) is 1. The highest BCUT2D eigenvalue weighted by Gasteiger charge is 2.42. The second-order valence-electron chi connectivity index (χ2n) is 8.27. The Labute approximate surface area is 147 Å². The summed E-state index contributed by atoms with van der Waals surface area (Å²) in [6, 6.07) is 0.658. The van der Waals surface area contributed by atoms with Crippen LogP contribution in [0.4, 0.5) is 0 Å². The van der Waals surface area contributed by atoms with Gasteiger partial charge in [-0.1, -0.05) is 0 Å². The molecule has 0 radical (unpaired) electrons. The van der Waals surface area contributed by atoms with Gasteiger partial charge in [0.1, 0.15) is 0 Å². The molecule has 5 heteroatoms. The molecule has 24 heavy (non-hydrogen) atoms. The van der Waals surface area contributed by atoms with Gasteiger partial charge in [0.2, 0.25) is 0 Å². The highest BCUT2D eigenvalue weighted by atomic mass is 16.5. The van der Waals surface area contributed by atoms with Crippen molar-refractivity contribution in [1.29, 1.82) is 0 Å². The van der Waals surface area contributed by atoms with E-state index in [4.69, 9.17) is 9.73 Å². The Morgan fingerprint density at radius 3 is 2.92 bits per heavy atom. The molecule has 3 aliphatic heterocycles. The van der Waals surface area contributed by atoms with E-state index in [0.29, 0.717) is 17.4 Å². The molecule has 0 bridgehead atoms. The minimum atomic E-state index is 0.398. The number of ether oxygens (including phenoxy) is 1. The third kappa shape index (κ3) is 4.23. The lowest BCUT2D eigenvalue weighted by atomic mass is 9.87. The maximum Gasteiger partial charge on any atom is 0.193 e. The van der Waals surface area contributed by atoms with Crippen LogP contribution in [0.5, 0.6) is 0 Å². The van der Waals surface area contributed by atoms with Gasteiger partial charge in [0.05, 0.1) is 6.61 Å². The molecule has 3 rings (SSSR count). The standard InChI is InChI=1S/C19H36N4O/c1-4-20-18(23-10-7-19(14-23)8-11-24-15-19)21-12-17-6-5-9-22(13-17)16(2)3/h16-17H,4-15H2,1-3H3,(H,20,21). The fourth-order valence-electron chi connectivity index (χ4n) is 4.44. The number of nitrogens with zero attached hydrogens (tertiary/aromatic N) is 3. The summed E-state index contributed by atoms with van der Waals surface area (Å²) in [5.41, 5.74) is 0.398. The van der Waals surface area contributed by atoms with E-state index in [1.807, 2.05) is 0 Å². The summed E-state index contributed by atoms with van der Waals surface area (Å²) in [6.45, 7) is 15.3. The molecule has 138 valence electrons. The van der Waals surface area contributed by atoms with Gasteiger partial charge in [0.15, 0.2) is 5.96 Å². The van der Waals surface area contributed by atoms with E-state index >= 15 is 0 Å². The van der Waals surface area contributed by atoms with E-state index < -0.39 is 0 Å². The number of rotatable bonds is 4. The van der Waals surface area contributed by atoms with Crippen LogP contribution in [0, 0.1) is 11.3 Å². The second kappa shape index (κ2) is 8.05. The Hall–Kier alpha value is -0.810. The molecule has 0 aromatic heterocycles. The van der Waals surface area contributed by atoms with Crippen molar-refractivity contribution in [3.8, 4) is 0 Å². The zero-order valence-corrected chi connectivity index (χ0v) is 15.9. The Bertz CT molecular complexity index is 431. The maximum atomic E-state index is 5.67. The second-order valence-corrected chi connectivity index (χ2v) is 8.27. The molecule has 0 aliphatic carbocycles. The lowest BCUT2D eigenvalue weighted by Crippen LogP contribution is -2.43. The number of piperidine rings is 1. The van der Waals surface area contributed by atoms with Gasteiger partial charge < -0.3 is 19.9 Å². The van der Waals surface area contributed by atoms with Gasteiger partial charge in [0.25, 0.3) is 0 Å². The van der Waals surface area contributed by atoms with E-state index in [1.54, 1.807) is 0 Å². The van der Waals surface area contributed by atoms with E-state index in [0.717, 1.165) is 45.4 Å². The molecule has 2 unspecified atom stereocenters. The van der Waals surface area contributed by atoms with Gasteiger partial charge in [-0.3, -0.25) is 4.99 Å². The highest BCUT2D eigenvalue weighted by molar-refractivity contribution is 5.80. The summed E-state index contributed by atoms with van der Waals surface area (Å²) in [5, 5.41) is 3.53. The van der Waals surface area contributed by atoms with Crippen molar-refractivity contribution >= 4 is 5.96 Å². The molecule has 0 aromatic rings. The monoisotopic (exact) mass is 336 g/mol. The molecule has 0 saturated carbocycles. The first-order chi connectivity index (χ1) is 11.6. The smallest absolute Gasteiger partial charge is 0.193 e. The van der Waals surface area contributed by atoms with Crippen LogP contribution in [0.1, 0.15) is 46.5 Å². The summed E-state index contributed by atoms with van der Waals surface area (Å²) in [5.74, 6) is 1.84. The molecule has 2 atom stereocenters. The minimum absolute atomic E-state index is 0.398. The van der Waals surface area contributed by atoms with Crippen LogP contribution in [0.15, 0.2) is 4.99 Å². The summed E-state index contributed by atoms with van der Waals surface area (Å²) >= 11 is 0. The minimum Gasteiger partial charge on any atom is -0.381 e. The van der Waals surface area contributed by atoms with Crippen molar-refractivity contribution < 1.29 is 4.74 Å². The maximum absolute atomic E-state index is 5.67. The Morgan fingerprint density at radius 2 is 2.21 bits per heavy atom. The Morgan fingerprint density at radius 1 is 1.33 bits per heavy atom. The largest absolute Gasteiger partial charge is 0.381 e. The topological polar surface area (TPSA) is 40.1 Å². The molecule has 3 saturated heterocycles. The normalized spacial score (nSPS) is 32.2. The summed E-state index contributed by atoms with van der Waals surface area (Å²) < 4.78 is 5.67. The lowest BCUT2D eigenvalue weighted by Gasteiger charge is -2.35. The molecule has 0 amide bonds. The van der Waals surface area contributed by atoms with E-state index in [2.05, 4.69) is 35.9 Å². The highest BCUT2D eigenvalue weighted by Crippen LogP contribution is 2.38. The first-order valence-electron chi connectivity index (χ1n) is 9.97. The van der Waals surface area contributed by atoms with Crippen molar-refractivity contribution in [2.45, 2.75) is 52.5 Å². The van der Waals surface area contributed by atoms with Crippen molar-refractivity contribution in [3.63, 3.8) is 0 Å². The van der Waals surface area contributed by atoms with Crippen LogP contribution >= 0.6 is 0 Å². The van der Waals surface area contributed by atoms with Gasteiger partial charge in [-0.15, -0.1) is 0 Å².